The quantitative estimate of drug-likeness (QED) is 0.0387. The van der Waals surface area contributed by atoms with Crippen LogP contribution < -0.4 is 53.9 Å². The maximum atomic E-state index is 14.2. The fourth-order valence-corrected chi connectivity index (χ4v) is 17.9. The number of anilines is 5. The molecule has 664 valence electrons. The predicted octanol–water partition coefficient (Wildman–Crippen LogP) is 17.3. The van der Waals surface area contributed by atoms with E-state index in [1.54, 1.807) is 40.4 Å². The number of nitrogens with one attached hydrogen (secondary N) is 2. The molecule has 14 rings (SSSR count). The van der Waals surface area contributed by atoms with Gasteiger partial charge in [0.25, 0.3) is 17.7 Å². The van der Waals surface area contributed by atoms with Crippen LogP contribution in [0.2, 0.25) is 0 Å². The lowest BCUT2D eigenvalue weighted by molar-refractivity contribution is 0.0519. The van der Waals surface area contributed by atoms with E-state index < -0.39 is 17.3 Å². The van der Waals surface area contributed by atoms with Crippen LogP contribution in [-0.4, -0.2) is 224 Å². The molecular formula is C100H132N12O12. The number of nitrogens with zero attached hydrogens (tertiary/aromatic N) is 10. The Morgan fingerprint density at radius 1 is 0.403 bits per heavy atom. The lowest BCUT2D eigenvalue weighted by atomic mass is 9.98. The highest BCUT2D eigenvalue weighted by molar-refractivity contribution is 6.02. The van der Waals surface area contributed by atoms with Crippen LogP contribution in [-0.2, 0) is 29.1 Å². The molecule has 24 nitrogen and oxygen atoms in total. The Balaban J connectivity index is 0.000000170. The van der Waals surface area contributed by atoms with E-state index in [1.807, 2.05) is 180 Å². The van der Waals surface area contributed by atoms with Crippen molar-refractivity contribution >= 4 is 58.3 Å². The smallest absolute Gasteiger partial charge is 0.414 e. The van der Waals surface area contributed by atoms with Crippen molar-refractivity contribution in [1.29, 1.82) is 0 Å². The van der Waals surface area contributed by atoms with E-state index in [9.17, 15) is 24.0 Å². The number of hydrogen-bond donors (Lipinski definition) is 2. The summed E-state index contributed by atoms with van der Waals surface area (Å²) in [7, 11) is 8.21. The summed E-state index contributed by atoms with van der Waals surface area (Å²) < 4.78 is 39.0. The molecule has 0 aliphatic carbocycles. The first-order valence-corrected chi connectivity index (χ1v) is 44.5. The highest BCUT2D eigenvalue weighted by Crippen LogP contribution is 2.45. The molecule has 24 heteroatoms. The second kappa shape index (κ2) is 42.9. The van der Waals surface area contributed by atoms with Gasteiger partial charge in [-0.3, -0.25) is 19.3 Å². The van der Waals surface area contributed by atoms with E-state index in [-0.39, 0.29) is 41.9 Å². The van der Waals surface area contributed by atoms with Gasteiger partial charge in [-0.1, -0.05) is 99.6 Å². The van der Waals surface area contributed by atoms with Crippen LogP contribution in [0, 0.1) is 6.92 Å². The summed E-state index contributed by atoms with van der Waals surface area (Å²) in [6.07, 6.45) is 3.63. The zero-order valence-electron chi connectivity index (χ0n) is 75.9. The summed E-state index contributed by atoms with van der Waals surface area (Å²) in [5.74, 6) is 3.64. The molecule has 0 radical (unpaired) electrons. The topological polar surface area (TPSA) is 206 Å². The zero-order valence-corrected chi connectivity index (χ0v) is 75.9. The number of alkyl carbamates (subject to hydrolysis) is 1. The minimum absolute atomic E-state index is 0.0240. The molecule has 0 bridgehead atoms. The summed E-state index contributed by atoms with van der Waals surface area (Å²) in [6, 6.07) is 55.9. The molecule has 2 N–H and O–H groups in total. The van der Waals surface area contributed by atoms with Crippen LogP contribution in [0.1, 0.15) is 189 Å². The number of likely N-dealkylation sites (N-methyl/N-ethyl adjacent to an activating group) is 3. The number of hydrogen-bond acceptors (Lipinski definition) is 19. The van der Waals surface area contributed by atoms with Crippen molar-refractivity contribution in [3.8, 4) is 28.7 Å². The number of aryl methyl sites for hydroxylation is 1. The number of methoxy groups -OCH3 is 5. The number of carbonyl (C=O) groups is 5. The fraction of sp³-hybridized carbons (Fsp3) is 0.470. The Kier molecular flexibility index (Phi) is 31.8. The van der Waals surface area contributed by atoms with Gasteiger partial charge in [0, 0.05) is 180 Å². The Morgan fingerprint density at radius 2 is 0.766 bits per heavy atom. The Hall–Kier alpha value is -11.2. The SMILES string of the molecule is CCN1CCN(c2cccc3c2CN([C@H](CCCN(C(=O)OC(C)(C)C)c2ccccc2)c2ccc(OC)c(OC)c2)C3=O)CC1.CCN1CCN(c2cccc3c2CN([C@H](CCCNC(=O)OC(C)(C)C)c2ccc(OC)c(C)c2)C3=O)CC1.CCN1CCN(c2cccc3c2CN([C@H](CCCNc2ccccc2)c2ccc(OC)c(OC)c2)C3=O)CC1. The molecule has 3 saturated heterocycles. The molecule has 0 spiro atoms. The van der Waals surface area contributed by atoms with Gasteiger partial charge in [0.1, 0.15) is 17.0 Å². The molecular weight excluding hydrogens is 1560 g/mol. The number of rotatable bonds is 31. The van der Waals surface area contributed by atoms with Crippen LogP contribution in [0.15, 0.2) is 170 Å². The van der Waals surface area contributed by atoms with Gasteiger partial charge in [0.15, 0.2) is 23.0 Å². The predicted molar refractivity (Wildman–Crippen MR) is 494 cm³/mol. The van der Waals surface area contributed by atoms with Gasteiger partial charge in [0.05, 0.1) is 53.7 Å². The van der Waals surface area contributed by atoms with E-state index in [4.69, 9.17) is 33.2 Å². The Morgan fingerprint density at radius 3 is 1.14 bits per heavy atom. The van der Waals surface area contributed by atoms with Crippen LogP contribution in [0.5, 0.6) is 28.7 Å². The number of piperazine rings is 3. The van der Waals surface area contributed by atoms with E-state index in [1.165, 1.54) is 11.4 Å². The van der Waals surface area contributed by atoms with Crippen molar-refractivity contribution in [3.63, 3.8) is 0 Å². The molecule has 0 aromatic heterocycles. The number of carbonyl (C=O) groups excluding carboxylic acids is 5. The molecule has 0 saturated carbocycles. The largest absolute Gasteiger partial charge is 0.496 e. The summed E-state index contributed by atoms with van der Waals surface area (Å²) in [4.78, 5) is 89.8. The molecule has 6 heterocycles. The molecule has 5 amide bonds. The maximum absolute atomic E-state index is 14.2. The maximum Gasteiger partial charge on any atom is 0.414 e. The molecule has 8 aromatic rings. The van der Waals surface area contributed by atoms with E-state index in [0.29, 0.717) is 81.4 Å². The standard InChI is InChI=1S/C37H48N4O5.C32H40N4O3.C31H44N4O4/c1-7-38-21-23-39(24-22-38)32-16-11-15-29-30(32)26-41(35(29)42)31(27-18-19-33(44-5)34(25-27)45-6)17-12-20-40(28-13-9-8-10-14-28)36(43)46-37(2,3)4;1-4-34-18-20-35(21-19-34)29-13-8-12-26-27(29)23-36(32(26)37)28(14-9-17-33-25-10-6-5-7-11-25)24-15-16-30(38-2)31(22-24)39-3;1-7-33-16-18-34(19-17-33)27-11-8-10-24-25(27)21-35(29(24)36)26(23-13-14-28(38-6)22(2)20-23)12-9-15-32-30(37)39-31(3,4)5/h8-11,13-16,18-19,25,31H,7,12,17,20-24,26H2,1-6H3;5-8,10-13,15-16,22,28,33H,4,9,14,17-21,23H2,1-3H3;8,10-11,13-14,20,26H,7,9,12,15-19,21H2,1-6H3,(H,32,37)/t31-;28-;26-/m111/s1. The van der Waals surface area contributed by atoms with Crippen molar-refractivity contribution in [3.05, 3.63) is 225 Å². The number of para-hydroxylation sites is 2. The van der Waals surface area contributed by atoms with Crippen molar-refractivity contribution in [2.24, 2.45) is 0 Å². The van der Waals surface area contributed by atoms with E-state index in [0.717, 1.165) is 196 Å². The fourth-order valence-electron chi connectivity index (χ4n) is 17.9. The molecule has 6 aliphatic heterocycles. The third-order valence-corrected chi connectivity index (χ3v) is 24.5. The third-order valence-electron chi connectivity index (χ3n) is 24.5. The average molecular weight is 1690 g/mol. The van der Waals surface area contributed by atoms with Crippen LogP contribution >= 0.6 is 0 Å². The van der Waals surface area contributed by atoms with Crippen molar-refractivity contribution in [2.75, 3.05) is 178 Å². The molecule has 124 heavy (non-hydrogen) atoms. The zero-order chi connectivity index (χ0) is 88.2. The highest BCUT2D eigenvalue weighted by Gasteiger charge is 2.41. The summed E-state index contributed by atoms with van der Waals surface area (Å²) in [5.41, 5.74) is 14.1. The van der Waals surface area contributed by atoms with Gasteiger partial charge in [-0.25, -0.2) is 9.59 Å². The average Bonchev–Trinajstić information content (AvgIpc) is 1.62. The van der Waals surface area contributed by atoms with E-state index >= 15 is 0 Å². The Bertz CT molecular complexity index is 4880. The van der Waals surface area contributed by atoms with Crippen LogP contribution in [0.4, 0.5) is 38.0 Å². The first kappa shape index (κ1) is 92.0. The number of benzene rings is 8. The molecule has 6 aliphatic rings. The molecule has 3 atom stereocenters. The number of ether oxygens (including phenoxy) is 7. The van der Waals surface area contributed by atoms with Crippen LogP contribution in [0.25, 0.3) is 0 Å². The molecule has 3 fully saturated rings. The van der Waals surface area contributed by atoms with Gasteiger partial charge in [-0.15, -0.1) is 0 Å². The monoisotopic (exact) mass is 1690 g/mol. The summed E-state index contributed by atoms with van der Waals surface area (Å²) in [5, 5.41) is 6.37. The van der Waals surface area contributed by atoms with Crippen molar-refractivity contribution in [2.45, 2.75) is 157 Å². The summed E-state index contributed by atoms with van der Waals surface area (Å²) in [6.45, 7) is 38.5. The normalized spacial score (nSPS) is 16.2. The van der Waals surface area contributed by atoms with Crippen LogP contribution in [0.3, 0.4) is 0 Å². The Labute approximate surface area is 735 Å². The minimum Gasteiger partial charge on any atom is -0.496 e. The number of fused-ring (bicyclic) bond motifs is 3. The molecule has 8 aromatic carbocycles. The number of amides is 5. The van der Waals surface area contributed by atoms with Gasteiger partial charge in [-0.05, 0) is 220 Å². The summed E-state index contributed by atoms with van der Waals surface area (Å²) >= 11 is 0. The van der Waals surface area contributed by atoms with Crippen molar-refractivity contribution in [1.82, 2.24) is 34.7 Å². The second-order valence-corrected chi connectivity index (χ2v) is 34.6. The van der Waals surface area contributed by atoms with Gasteiger partial charge >= 0.3 is 12.2 Å². The minimum atomic E-state index is -0.624. The van der Waals surface area contributed by atoms with Gasteiger partial charge in [0.2, 0.25) is 0 Å². The first-order valence-electron chi connectivity index (χ1n) is 44.5. The van der Waals surface area contributed by atoms with Gasteiger partial charge in [-0.2, -0.15) is 0 Å². The van der Waals surface area contributed by atoms with Gasteiger partial charge < -0.3 is 87.9 Å². The van der Waals surface area contributed by atoms with E-state index in [2.05, 4.69) is 114 Å². The highest BCUT2D eigenvalue weighted by atomic mass is 16.6. The van der Waals surface area contributed by atoms with Crippen molar-refractivity contribution < 1.29 is 57.1 Å². The third kappa shape index (κ3) is 22.8. The lowest BCUT2D eigenvalue weighted by Gasteiger charge is -2.36. The second-order valence-electron chi connectivity index (χ2n) is 34.6. The molecule has 0 unspecified atom stereocenters. The lowest BCUT2D eigenvalue weighted by Crippen LogP contribution is -2.46. The first-order chi connectivity index (χ1) is 59.9.